The number of benzene rings is 3. The number of hydrogen-bond acceptors (Lipinski definition) is 2. The van der Waals surface area contributed by atoms with E-state index in [9.17, 15) is 9.18 Å². The van der Waals surface area contributed by atoms with Gasteiger partial charge in [0, 0.05) is 17.1 Å². The molecule has 0 bridgehead atoms. The Hall–Kier alpha value is -3.14. The predicted octanol–water partition coefficient (Wildman–Crippen LogP) is 5.06. The maximum absolute atomic E-state index is 12.9. The molecule has 3 aromatic carbocycles. The minimum Gasteiger partial charge on any atom is -0.355 e. The van der Waals surface area contributed by atoms with Gasteiger partial charge in [-0.15, -0.1) is 0 Å². The normalized spacial score (nSPS) is 10.3. The van der Waals surface area contributed by atoms with Crippen LogP contribution in [0.3, 0.4) is 0 Å². The molecule has 3 rings (SSSR count). The molecule has 0 aliphatic carbocycles. The Morgan fingerprint density at radius 2 is 1.52 bits per heavy atom. The minimum atomic E-state index is -0.305. The van der Waals surface area contributed by atoms with E-state index in [-0.39, 0.29) is 18.1 Å². The quantitative estimate of drug-likeness (QED) is 0.685. The van der Waals surface area contributed by atoms with Crippen LogP contribution in [-0.4, -0.2) is 5.91 Å². The highest BCUT2D eigenvalue weighted by Crippen LogP contribution is 2.21. The third-order valence-corrected chi connectivity index (χ3v) is 3.87. The Morgan fingerprint density at radius 3 is 2.20 bits per heavy atom. The molecule has 3 nitrogen and oxygen atoms in total. The lowest BCUT2D eigenvalue weighted by Gasteiger charge is -2.10. The summed E-state index contributed by atoms with van der Waals surface area (Å²) < 4.78 is 12.9. The van der Waals surface area contributed by atoms with Gasteiger partial charge in [0.1, 0.15) is 5.82 Å². The van der Waals surface area contributed by atoms with Gasteiger partial charge in [-0.05, 0) is 60.5 Å². The van der Waals surface area contributed by atoms with E-state index in [0.717, 1.165) is 22.6 Å². The zero-order valence-corrected chi connectivity index (χ0v) is 13.9. The number of nitrogens with one attached hydrogen (secondary N) is 2. The summed E-state index contributed by atoms with van der Waals surface area (Å²) >= 11 is 0. The third kappa shape index (κ3) is 4.67. The van der Waals surface area contributed by atoms with Crippen LogP contribution in [0.2, 0.25) is 0 Å². The van der Waals surface area contributed by atoms with Crippen LogP contribution in [0, 0.1) is 12.7 Å². The van der Waals surface area contributed by atoms with Crippen molar-refractivity contribution in [1.82, 2.24) is 0 Å². The van der Waals surface area contributed by atoms with Gasteiger partial charge in [0.25, 0.3) is 0 Å². The smallest absolute Gasteiger partial charge is 0.228 e. The number of hydrogen-bond donors (Lipinski definition) is 2. The van der Waals surface area contributed by atoms with Crippen molar-refractivity contribution in [2.75, 3.05) is 10.6 Å². The number of aryl methyl sites for hydroxylation is 1. The van der Waals surface area contributed by atoms with Gasteiger partial charge in [0.2, 0.25) is 5.91 Å². The maximum atomic E-state index is 12.9. The highest BCUT2D eigenvalue weighted by atomic mass is 19.1. The molecular formula is C21H19FN2O. The lowest BCUT2D eigenvalue weighted by atomic mass is 10.1. The molecule has 2 N–H and O–H groups in total. The van der Waals surface area contributed by atoms with E-state index in [1.807, 2.05) is 55.5 Å². The first-order valence-electron chi connectivity index (χ1n) is 8.07. The van der Waals surface area contributed by atoms with Crippen LogP contribution in [0.25, 0.3) is 0 Å². The number of carbonyl (C=O) groups is 1. The van der Waals surface area contributed by atoms with Crippen LogP contribution in [0.1, 0.15) is 11.1 Å². The maximum Gasteiger partial charge on any atom is 0.228 e. The fraction of sp³-hybridized carbons (Fsp3) is 0.0952. The lowest BCUT2D eigenvalue weighted by Crippen LogP contribution is -2.14. The van der Waals surface area contributed by atoms with Gasteiger partial charge in [-0.1, -0.05) is 30.3 Å². The van der Waals surface area contributed by atoms with Crippen molar-refractivity contribution in [2.45, 2.75) is 13.3 Å². The summed E-state index contributed by atoms with van der Waals surface area (Å²) in [4.78, 5) is 12.1. The summed E-state index contributed by atoms with van der Waals surface area (Å²) in [5, 5.41) is 6.20. The van der Waals surface area contributed by atoms with Crippen LogP contribution >= 0.6 is 0 Å². The molecule has 0 heterocycles. The van der Waals surface area contributed by atoms with Gasteiger partial charge in [0.15, 0.2) is 0 Å². The molecule has 0 saturated carbocycles. The zero-order valence-electron chi connectivity index (χ0n) is 13.9. The fourth-order valence-electron chi connectivity index (χ4n) is 2.50. The molecule has 126 valence electrons. The molecule has 25 heavy (non-hydrogen) atoms. The largest absolute Gasteiger partial charge is 0.355 e. The molecule has 0 aliphatic rings. The van der Waals surface area contributed by atoms with Crippen molar-refractivity contribution in [2.24, 2.45) is 0 Å². The predicted molar refractivity (Wildman–Crippen MR) is 99.6 cm³/mol. The molecular weight excluding hydrogens is 315 g/mol. The van der Waals surface area contributed by atoms with Crippen LogP contribution in [0.4, 0.5) is 21.5 Å². The summed E-state index contributed by atoms with van der Waals surface area (Å²) in [6.45, 7) is 2.05. The summed E-state index contributed by atoms with van der Waals surface area (Å²) in [5.41, 5.74) is 4.67. The molecule has 0 fully saturated rings. The number of rotatable bonds is 5. The average Bonchev–Trinajstić information content (AvgIpc) is 2.61. The summed E-state index contributed by atoms with van der Waals surface area (Å²) in [7, 11) is 0. The highest BCUT2D eigenvalue weighted by molar-refractivity contribution is 5.92. The Morgan fingerprint density at radius 1 is 0.880 bits per heavy atom. The Balaban J connectivity index is 1.59. The number of anilines is 3. The van der Waals surface area contributed by atoms with E-state index in [0.29, 0.717) is 0 Å². The number of carbonyl (C=O) groups excluding carboxylic acids is 1. The van der Waals surface area contributed by atoms with Crippen molar-refractivity contribution in [3.63, 3.8) is 0 Å². The van der Waals surface area contributed by atoms with E-state index < -0.39 is 0 Å². The van der Waals surface area contributed by atoms with E-state index in [1.165, 1.54) is 17.7 Å². The van der Waals surface area contributed by atoms with Gasteiger partial charge in [-0.3, -0.25) is 4.79 Å². The van der Waals surface area contributed by atoms with Gasteiger partial charge < -0.3 is 10.6 Å². The second-order valence-corrected chi connectivity index (χ2v) is 5.87. The van der Waals surface area contributed by atoms with Crippen molar-refractivity contribution >= 4 is 23.0 Å². The van der Waals surface area contributed by atoms with Gasteiger partial charge in [-0.25, -0.2) is 4.39 Å². The number of halogens is 1. The average molecular weight is 334 g/mol. The van der Waals surface area contributed by atoms with Crippen molar-refractivity contribution in [3.8, 4) is 0 Å². The SMILES string of the molecule is Cc1ccccc1Nc1ccc(NC(=O)Cc2ccc(F)cc2)cc1. The first kappa shape index (κ1) is 16.7. The fourth-order valence-corrected chi connectivity index (χ4v) is 2.50. The molecule has 0 atom stereocenters. The first-order valence-corrected chi connectivity index (χ1v) is 8.07. The van der Waals surface area contributed by atoms with Gasteiger partial charge >= 0.3 is 0 Å². The Kier molecular flexibility index (Phi) is 5.09. The van der Waals surface area contributed by atoms with Gasteiger partial charge in [-0.2, -0.15) is 0 Å². The lowest BCUT2D eigenvalue weighted by molar-refractivity contribution is -0.115. The number of amides is 1. The summed E-state index contributed by atoms with van der Waals surface area (Å²) in [6.07, 6.45) is 0.212. The van der Waals surface area contributed by atoms with E-state index in [1.54, 1.807) is 12.1 Å². The molecule has 0 saturated heterocycles. The highest BCUT2D eigenvalue weighted by Gasteiger charge is 2.05. The summed E-state index contributed by atoms with van der Waals surface area (Å²) in [5.74, 6) is -0.438. The van der Waals surface area contributed by atoms with Crippen LogP contribution in [-0.2, 0) is 11.2 Å². The Bertz CT molecular complexity index is 858. The van der Waals surface area contributed by atoms with Crippen molar-refractivity contribution < 1.29 is 9.18 Å². The minimum absolute atomic E-state index is 0.133. The first-order chi connectivity index (χ1) is 12.1. The topological polar surface area (TPSA) is 41.1 Å². The van der Waals surface area contributed by atoms with Crippen molar-refractivity contribution in [3.05, 3.63) is 89.7 Å². The second-order valence-electron chi connectivity index (χ2n) is 5.87. The van der Waals surface area contributed by atoms with Crippen LogP contribution in [0.5, 0.6) is 0 Å². The molecule has 3 aromatic rings. The second kappa shape index (κ2) is 7.62. The molecule has 0 spiro atoms. The van der Waals surface area contributed by atoms with Crippen molar-refractivity contribution in [1.29, 1.82) is 0 Å². The Labute approximate surface area is 146 Å². The standard InChI is InChI=1S/C21H19FN2O/c1-15-4-2-3-5-20(15)23-18-10-12-19(13-11-18)24-21(25)14-16-6-8-17(22)9-7-16/h2-13,23H,14H2,1H3,(H,24,25). The third-order valence-electron chi connectivity index (χ3n) is 3.87. The molecule has 0 unspecified atom stereocenters. The van der Waals surface area contributed by atoms with E-state index in [4.69, 9.17) is 0 Å². The molecule has 1 amide bonds. The molecule has 0 radical (unpaired) electrons. The monoisotopic (exact) mass is 334 g/mol. The number of para-hydroxylation sites is 1. The molecule has 0 aromatic heterocycles. The van der Waals surface area contributed by atoms with Gasteiger partial charge in [0.05, 0.1) is 6.42 Å². The van der Waals surface area contributed by atoms with Crippen LogP contribution in [0.15, 0.2) is 72.8 Å². The van der Waals surface area contributed by atoms with E-state index >= 15 is 0 Å². The summed E-state index contributed by atoms with van der Waals surface area (Å²) in [6, 6.07) is 21.5. The zero-order chi connectivity index (χ0) is 17.6. The van der Waals surface area contributed by atoms with Crippen LogP contribution < -0.4 is 10.6 Å². The molecule has 0 aliphatic heterocycles. The molecule has 4 heteroatoms. The van der Waals surface area contributed by atoms with E-state index in [2.05, 4.69) is 10.6 Å².